The smallest absolute Gasteiger partial charge is 0.228 e. The molecule has 0 unspecified atom stereocenters. The van der Waals surface area contributed by atoms with Crippen LogP contribution in [0.4, 0.5) is 17.2 Å². The van der Waals surface area contributed by atoms with Gasteiger partial charge in [-0.3, -0.25) is 4.79 Å². The van der Waals surface area contributed by atoms with Crippen LogP contribution in [-0.2, 0) is 11.2 Å². The van der Waals surface area contributed by atoms with E-state index in [2.05, 4.69) is 21.7 Å². The molecule has 2 N–H and O–H groups in total. The Balaban J connectivity index is 1.60. The molecule has 0 aliphatic rings. The van der Waals surface area contributed by atoms with Gasteiger partial charge in [-0.25, -0.2) is 4.98 Å². The maximum atomic E-state index is 12.2. The fraction of sp³-hybridized carbons (Fsp3) is 0.143. The highest BCUT2D eigenvalue weighted by Crippen LogP contribution is 2.17. The number of nitrogens with one attached hydrogen (secondary N) is 2. The third-order valence-corrected chi connectivity index (χ3v) is 3.95. The monoisotopic (exact) mass is 331 g/mol. The van der Waals surface area contributed by atoms with Crippen LogP contribution in [0.3, 0.4) is 0 Å². The lowest BCUT2D eigenvalue weighted by Crippen LogP contribution is -2.15. The van der Waals surface area contributed by atoms with Crippen molar-refractivity contribution in [2.24, 2.45) is 0 Å². The molecule has 0 radical (unpaired) electrons. The molecule has 0 bridgehead atoms. The number of aromatic nitrogens is 1. The van der Waals surface area contributed by atoms with Crippen LogP contribution in [0, 0.1) is 13.8 Å². The van der Waals surface area contributed by atoms with Crippen LogP contribution in [0.15, 0.2) is 66.9 Å². The predicted molar refractivity (Wildman–Crippen MR) is 102 cm³/mol. The average molecular weight is 331 g/mol. The van der Waals surface area contributed by atoms with Crippen molar-refractivity contribution in [2.45, 2.75) is 20.3 Å². The maximum absolute atomic E-state index is 12.2. The molecule has 0 aliphatic heterocycles. The summed E-state index contributed by atoms with van der Waals surface area (Å²) >= 11 is 0. The van der Waals surface area contributed by atoms with Gasteiger partial charge < -0.3 is 10.6 Å². The zero-order valence-corrected chi connectivity index (χ0v) is 14.4. The summed E-state index contributed by atoms with van der Waals surface area (Å²) in [5.74, 6) is 0.693. The molecular formula is C21H21N3O. The fourth-order valence-corrected chi connectivity index (χ4v) is 2.60. The van der Waals surface area contributed by atoms with Crippen molar-refractivity contribution in [1.29, 1.82) is 0 Å². The lowest BCUT2D eigenvalue weighted by molar-refractivity contribution is -0.115. The molecule has 3 aromatic rings. The van der Waals surface area contributed by atoms with Crippen molar-refractivity contribution in [3.8, 4) is 0 Å². The molecule has 4 heteroatoms. The van der Waals surface area contributed by atoms with E-state index in [0.29, 0.717) is 12.1 Å². The lowest BCUT2D eigenvalue weighted by atomic mass is 10.1. The molecule has 1 aromatic heterocycles. The minimum Gasteiger partial charge on any atom is -0.340 e. The average Bonchev–Trinajstić information content (AvgIpc) is 2.59. The molecule has 25 heavy (non-hydrogen) atoms. The second-order valence-corrected chi connectivity index (χ2v) is 6.08. The van der Waals surface area contributed by atoms with Gasteiger partial charge in [-0.2, -0.15) is 0 Å². The Morgan fingerprint density at radius 2 is 1.80 bits per heavy atom. The first-order chi connectivity index (χ1) is 12.1. The number of nitrogens with zero attached hydrogens (tertiary/aromatic N) is 1. The zero-order chi connectivity index (χ0) is 17.6. The van der Waals surface area contributed by atoms with Crippen LogP contribution in [0.2, 0.25) is 0 Å². The Labute approximate surface area is 147 Å². The van der Waals surface area contributed by atoms with E-state index in [0.717, 1.165) is 22.6 Å². The molecule has 0 saturated heterocycles. The van der Waals surface area contributed by atoms with E-state index in [4.69, 9.17) is 0 Å². The Bertz CT molecular complexity index is 872. The molecule has 0 saturated carbocycles. The Hall–Kier alpha value is -3.14. The highest BCUT2D eigenvalue weighted by atomic mass is 16.1. The van der Waals surface area contributed by atoms with E-state index >= 15 is 0 Å². The molecule has 0 aliphatic carbocycles. The van der Waals surface area contributed by atoms with Crippen molar-refractivity contribution < 1.29 is 4.79 Å². The summed E-state index contributed by atoms with van der Waals surface area (Å²) in [5.41, 5.74) is 5.02. The molecule has 3 rings (SSSR count). The second kappa shape index (κ2) is 7.62. The summed E-state index contributed by atoms with van der Waals surface area (Å²) in [7, 11) is 0. The van der Waals surface area contributed by atoms with Gasteiger partial charge in [0.25, 0.3) is 0 Å². The number of carbonyl (C=O) groups excluding carboxylic acids is 1. The molecule has 126 valence electrons. The number of amides is 1. The molecule has 4 nitrogen and oxygen atoms in total. The first kappa shape index (κ1) is 16.7. The van der Waals surface area contributed by atoms with E-state index < -0.39 is 0 Å². The largest absolute Gasteiger partial charge is 0.340 e. The minimum absolute atomic E-state index is 0.0458. The van der Waals surface area contributed by atoms with Crippen LogP contribution in [0.25, 0.3) is 0 Å². The van der Waals surface area contributed by atoms with Gasteiger partial charge >= 0.3 is 0 Å². The summed E-state index contributed by atoms with van der Waals surface area (Å²) in [6.45, 7) is 4.06. The Morgan fingerprint density at radius 3 is 2.52 bits per heavy atom. The van der Waals surface area contributed by atoms with Crippen molar-refractivity contribution in [3.05, 3.63) is 83.6 Å². The number of carbonyl (C=O) groups is 1. The fourth-order valence-electron chi connectivity index (χ4n) is 2.60. The highest BCUT2D eigenvalue weighted by Gasteiger charge is 2.06. The van der Waals surface area contributed by atoms with E-state index in [9.17, 15) is 4.79 Å². The quantitative estimate of drug-likeness (QED) is 0.717. The molecule has 0 fully saturated rings. The highest BCUT2D eigenvalue weighted by molar-refractivity contribution is 5.92. The lowest BCUT2D eigenvalue weighted by Gasteiger charge is -2.09. The predicted octanol–water partition coefficient (Wildman–Crippen LogP) is 4.62. The van der Waals surface area contributed by atoms with Gasteiger partial charge in [0.05, 0.1) is 18.3 Å². The Kier molecular flexibility index (Phi) is 5.09. The number of hydrogen-bond acceptors (Lipinski definition) is 3. The second-order valence-electron chi connectivity index (χ2n) is 6.08. The van der Waals surface area contributed by atoms with Gasteiger partial charge in [0.15, 0.2) is 0 Å². The molecule has 1 heterocycles. The van der Waals surface area contributed by atoms with Gasteiger partial charge in [-0.1, -0.05) is 36.4 Å². The van der Waals surface area contributed by atoms with Gasteiger partial charge in [0.2, 0.25) is 5.91 Å². The van der Waals surface area contributed by atoms with E-state index in [1.54, 1.807) is 6.20 Å². The van der Waals surface area contributed by atoms with E-state index in [1.165, 1.54) is 5.56 Å². The standard InChI is InChI=1S/C21H21N3O/c1-15-6-5-9-18(12-15)23-20-11-10-19(14-22-20)24-21(25)13-17-8-4-3-7-16(17)2/h3-12,14H,13H2,1-2H3,(H,22,23)(H,24,25). The first-order valence-corrected chi connectivity index (χ1v) is 8.24. The molecule has 0 spiro atoms. The number of pyridine rings is 1. The van der Waals surface area contributed by atoms with Crippen LogP contribution >= 0.6 is 0 Å². The van der Waals surface area contributed by atoms with Crippen molar-refractivity contribution in [1.82, 2.24) is 4.98 Å². The van der Waals surface area contributed by atoms with Crippen molar-refractivity contribution in [2.75, 3.05) is 10.6 Å². The van der Waals surface area contributed by atoms with Gasteiger partial charge in [0, 0.05) is 5.69 Å². The van der Waals surface area contributed by atoms with E-state index in [-0.39, 0.29) is 5.91 Å². The number of rotatable bonds is 5. The molecule has 1 amide bonds. The van der Waals surface area contributed by atoms with E-state index in [1.807, 2.05) is 68.4 Å². The van der Waals surface area contributed by atoms with Crippen molar-refractivity contribution in [3.63, 3.8) is 0 Å². The summed E-state index contributed by atoms with van der Waals surface area (Å²) in [6, 6.07) is 19.7. The zero-order valence-electron chi connectivity index (χ0n) is 14.4. The van der Waals surface area contributed by atoms with Crippen molar-refractivity contribution >= 4 is 23.1 Å². The molecule has 0 atom stereocenters. The van der Waals surface area contributed by atoms with Gasteiger partial charge in [-0.15, -0.1) is 0 Å². The number of hydrogen-bond donors (Lipinski definition) is 2. The summed E-state index contributed by atoms with van der Waals surface area (Å²) < 4.78 is 0. The van der Waals surface area contributed by atoms with Crippen LogP contribution in [0.1, 0.15) is 16.7 Å². The summed E-state index contributed by atoms with van der Waals surface area (Å²) in [5, 5.41) is 6.14. The number of benzene rings is 2. The molecule has 2 aromatic carbocycles. The molecular weight excluding hydrogens is 310 g/mol. The minimum atomic E-state index is -0.0458. The SMILES string of the molecule is Cc1cccc(Nc2ccc(NC(=O)Cc3ccccc3C)cn2)c1. The van der Waals surface area contributed by atoms with Crippen LogP contribution in [0.5, 0.6) is 0 Å². The normalized spacial score (nSPS) is 10.3. The van der Waals surface area contributed by atoms with Crippen LogP contribution in [-0.4, -0.2) is 10.9 Å². The third kappa shape index (κ3) is 4.67. The first-order valence-electron chi connectivity index (χ1n) is 8.24. The topological polar surface area (TPSA) is 54.0 Å². The Morgan fingerprint density at radius 1 is 0.960 bits per heavy atom. The van der Waals surface area contributed by atoms with Gasteiger partial charge in [0.1, 0.15) is 5.82 Å². The number of aryl methyl sites for hydroxylation is 2. The van der Waals surface area contributed by atoms with Crippen LogP contribution < -0.4 is 10.6 Å². The third-order valence-electron chi connectivity index (χ3n) is 3.95. The maximum Gasteiger partial charge on any atom is 0.228 e. The summed E-state index contributed by atoms with van der Waals surface area (Å²) in [4.78, 5) is 16.5. The van der Waals surface area contributed by atoms with Gasteiger partial charge in [-0.05, 0) is 54.8 Å². The summed E-state index contributed by atoms with van der Waals surface area (Å²) in [6.07, 6.45) is 2.02. The number of anilines is 3.